The fourth-order valence-corrected chi connectivity index (χ4v) is 4.29. The van der Waals surface area contributed by atoms with E-state index in [1.807, 2.05) is 48.5 Å². The highest BCUT2D eigenvalue weighted by Crippen LogP contribution is 2.44. The normalized spacial score (nSPS) is 17.5. The van der Waals surface area contributed by atoms with Gasteiger partial charge >= 0.3 is 0 Å². The topological polar surface area (TPSA) is 73.2 Å². The van der Waals surface area contributed by atoms with Gasteiger partial charge in [-0.15, -0.1) is 0 Å². The van der Waals surface area contributed by atoms with Gasteiger partial charge in [0.15, 0.2) is 0 Å². The molecule has 2 aromatic carbocycles. The third kappa shape index (κ3) is 3.10. The van der Waals surface area contributed by atoms with Gasteiger partial charge in [0.05, 0.1) is 11.6 Å². The number of fused-ring (bicyclic) bond motifs is 3. The van der Waals surface area contributed by atoms with Crippen LogP contribution in [-0.4, -0.2) is 21.7 Å². The predicted molar refractivity (Wildman–Crippen MR) is 108 cm³/mol. The van der Waals surface area contributed by atoms with E-state index < -0.39 is 5.92 Å². The van der Waals surface area contributed by atoms with Crippen LogP contribution in [0.4, 0.5) is 0 Å². The Morgan fingerprint density at radius 2 is 1.76 bits per heavy atom. The molecule has 146 valence electrons. The summed E-state index contributed by atoms with van der Waals surface area (Å²) in [5.41, 5.74) is 3.49. The number of aryl methyl sites for hydroxylation is 2. The van der Waals surface area contributed by atoms with E-state index in [9.17, 15) is 9.59 Å². The van der Waals surface area contributed by atoms with Crippen molar-refractivity contribution < 1.29 is 9.53 Å². The minimum atomic E-state index is -0.417. The summed E-state index contributed by atoms with van der Waals surface area (Å²) in [5, 5.41) is 7.57. The molecule has 6 heteroatoms. The lowest BCUT2D eigenvalue weighted by atomic mass is 9.86. The number of nitrogens with one attached hydrogen (secondary N) is 1. The highest BCUT2D eigenvalue weighted by molar-refractivity contribution is 5.89. The minimum Gasteiger partial charge on any atom is -0.457 e. The maximum absolute atomic E-state index is 13.4. The van der Waals surface area contributed by atoms with Crippen molar-refractivity contribution in [3.05, 3.63) is 87.3 Å². The zero-order valence-corrected chi connectivity index (χ0v) is 16.1. The Labute approximate surface area is 168 Å². The second-order valence-corrected chi connectivity index (χ2v) is 7.64. The zero-order valence-electron chi connectivity index (χ0n) is 16.1. The Kier molecular flexibility index (Phi) is 4.19. The van der Waals surface area contributed by atoms with E-state index in [0.717, 1.165) is 35.2 Å². The van der Waals surface area contributed by atoms with E-state index in [2.05, 4.69) is 10.4 Å². The molecule has 0 bridgehead atoms. The SMILES string of the molecule is Cn1nc2c(cc1=O)C[C@H](NC(=O)C1c3ccccc3Oc3ccccc31)CC2. The molecule has 0 saturated carbocycles. The van der Waals surface area contributed by atoms with E-state index >= 15 is 0 Å². The standard InChI is InChI=1S/C23H21N3O3/c1-26-21(27)13-14-12-15(10-11-18(14)25-26)24-23(28)22-16-6-2-4-8-19(16)29-20-9-5-3-7-17(20)22/h2-9,13,15,22H,10-12H2,1H3,(H,24,28)/t15-/m1/s1. The van der Waals surface area contributed by atoms with Gasteiger partial charge in [-0.1, -0.05) is 36.4 Å². The van der Waals surface area contributed by atoms with Crippen LogP contribution < -0.4 is 15.6 Å². The number of nitrogens with zero attached hydrogens (tertiary/aromatic N) is 2. The maximum Gasteiger partial charge on any atom is 0.266 e. The average Bonchev–Trinajstić information content (AvgIpc) is 2.73. The fourth-order valence-electron chi connectivity index (χ4n) is 4.29. The second-order valence-electron chi connectivity index (χ2n) is 7.64. The van der Waals surface area contributed by atoms with Crippen molar-refractivity contribution in [3.63, 3.8) is 0 Å². The molecule has 3 aromatic rings. The van der Waals surface area contributed by atoms with Gasteiger partial charge in [0, 0.05) is 30.3 Å². The average molecular weight is 387 g/mol. The summed E-state index contributed by atoms with van der Waals surface area (Å²) in [4.78, 5) is 25.3. The number of amides is 1. The molecule has 29 heavy (non-hydrogen) atoms. The quantitative estimate of drug-likeness (QED) is 0.734. The molecular formula is C23H21N3O3. The number of hydrogen-bond donors (Lipinski definition) is 1. The lowest BCUT2D eigenvalue weighted by Gasteiger charge is -2.30. The largest absolute Gasteiger partial charge is 0.457 e. The fraction of sp³-hybridized carbons (Fsp3) is 0.261. The molecular weight excluding hydrogens is 366 g/mol. The number of ether oxygens (including phenoxy) is 1. The molecule has 1 aliphatic heterocycles. The van der Waals surface area contributed by atoms with Gasteiger partial charge in [0.2, 0.25) is 5.91 Å². The van der Waals surface area contributed by atoms with Crippen LogP contribution in [0.1, 0.15) is 34.7 Å². The van der Waals surface area contributed by atoms with Gasteiger partial charge in [0.1, 0.15) is 11.5 Å². The highest BCUT2D eigenvalue weighted by Gasteiger charge is 2.34. The molecule has 1 amide bonds. The second kappa shape index (κ2) is 6.88. The summed E-state index contributed by atoms with van der Waals surface area (Å²) in [6.07, 6.45) is 2.17. The summed E-state index contributed by atoms with van der Waals surface area (Å²) >= 11 is 0. The van der Waals surface area contributed by atoms with E-state index in [1.165, 1.54) is 4.68 Å². The Morgan fingerprint density at radius 1 is 1.10 bits per heavy atom. The number of hydrogen-bond acceptors (Lipinski definition) is 4. The third-order valence-electron chi connectivity index (χ3n) is 5.74. The smallest absolute Gasteiger partial charge is 0.266 e. The van der Waals surface area contributed by atoms with Gasteiger partial charge in [-0.3, -0.25) is 9.59 Å². The van der Waals surface area contributed by atoms with Crippen LogP contribution in [0, 0.1) is 0 Å². The van der Waals surface area contributed by atoms with Gasteiger partial charge in [-0.05, 0) is 37.0 Å². The van der Waals surface area contributed by atoms with Crippen molar-refractivity contribution in [3.8, 4) is 11.5 Å². The van der Waals surface area contributed by atoms with Crippen molar-refractivity contribution in [1.29, 1.82) is 0 Å². The molecule has 1 aromatic heterocycles. The molecule has 5 rings (SSSR count). The Balaban J connectivity index is 1.43. The minimum absolute atomic E-state index is 0.0222. The molecule has 0 radical (unpaired) electrons. The van der Waals surface area contributed by atoms with Crippen LogP contribution in [0.5, 0.6) is 11.5 Å². The van der Waals surface area contributed by atoms with Crippen LogP contribution >= 0.6 is 0 Å². The molecule has 0 spiro atoms. The van der Waals surface area contributed by atoms with Gasteiger partial charge in [-0.25, -0.2) is 4.68 Å². The number of rotatable bonds is 2. The highest BCUT2D eigenvalue weighted by atomic mass is 16.5. The lowest BCUT2D eigenvalue weighted by Crippen LogP contribution is -2.42. The maximum atomic E-state index is 13.4. The molecule has 1 atom stereocenters. The van der Waals surface area contributed by atoms with Crippen LogP contribution in [0.2, 0.25) is 0 Å². The van der Waals surface area contributed by atoms with Gasteiger partial charge in [0.25, 0.3) is 5.56 Å². The first kappa shape index (κ1) is 17.7. The number of carbonyl (C=O) groups excluding carboxylic acids is 1. The summed E-state index contributed by atoms with van der Waals surface area (Å²) in [6, 6.07) is 17.0. The monoisotopic (exact) mass is 387 g/mol. The summed E-state index contributed by atoms with van der Waals surface area (Å²) in [7, 11) is 1.66. The lowest BCUT2D eigenvalue weighted by molar-refractivity contribution is -0.122. The first-order valence-electron chi connectivity index (χ1n) is 9.82. The van der Waals surface area contributed by atoms with Crippen molar-refractivity contribution in [2.24, 2.45) is 7.05 Å². The zero-order chi connectivity index (χ0) is 20.0. The first-order valence-corrected chi connectivity index (χ1v) is 9.82. The summed E-state index contributed by atoms with van der Waals surface area (Å²) in [6.45, 7) is 0. The van der Waals surface area contributed by atoms with Crippen molar-refractivity contribution in [2.75, 3.05) is 0 Å². The molecule has 1 aliphatic carbocycles. The number of carbonyl (C=O) groups is 1. The van der Waals surface area contributed by atoms with Gasteiger partial charge in [-0.2, -0.15) is 5.10 Å². The van der Waals surface area contributed by atoms with Crippen LogP contribution in [0.3, 0.4) is 0 Å². The predicted octanol–water partition coefficient (Wildman–Crippen LogP) is 2.69. The Bertz CT molecular complexity index is 1120. The Morgan fingerprint density at radius 3 is 2.45 bits per heavy atom. The molecule has 1 N–H and O–H groups in total. The van der Waals surface area contributed by atoms with Crippen molar-refractivity contribution in [1.82, 2.24) is 15.1 Å². The Hall–Kier alpha value is -3.41. The number of benzene rings is 2. The molecule has 0 saturated heterocycles. The van der Waals surface area contributed by atoms with E-state index in [0.29, 0.717) is 17.9 Å². The van der Waals surface area contributed by atoms with Gasteiger partial charge < -0.3 is 10.1 Å². The van der Waals surface area contributed by atoms with Crippen molar-refractivity contribution in [2.45, 2.75) is 31.2 Å². The van der Waals surface area contributed by atoms with E-state index in [1.54, 1.807) is 13.1 Å². The van der Waals surface area contributed by atoms with Crippen LogP contribution in [0.25, 0.3) is 0 Å². The van der Waals surface area contributed by atoms with Crippen molar-refractivity contribution >= 4 is 5.91 Å². The summed E-state index contributed by atoms with van der Waals surface area (Å²) < 4.78 is 7.36. The number of para-hydroxylation sites is 2. The molecule has 0 fully saturated rings. The third-order valence-corrected chi connectivity index (χ3v) is 5.74. The molecule has 2 aliphatic rings. The number of aromatic nitrogens is 2. The van der Waals surface area contributed by atoms with E-state index in [-0.39, 0.29) is 17.5 Å². The first-order chi connectivity index (χ1) is 14.1. The molecule has 0 unspecified atom stereocenters. The van der Waals surface area contributed by atoms with E-state index in [4.69, 9.17) is 4.74 Å². The van der Waals surface area contributed by atoms with Crippen LogP contribution in [0.15, 0.2) is 59.4 Å². The molecule has 2 heterocycles. The summed E-state index contributed by atoms with van der Waals surface area (Å²) in [5.74, 6) is 0.971. The molecule has 6 nitrogen and oxygen atoms in total. The van der Waals surface area contributed by atoms with Crippen LogP contribution in [-0.2, 0) is 24.7 Å².